The number of hydroxylamine groups is 2. The van der Waals surface area contributed by atoms with E-state index in [-0.39, 0.29) is 31.3 Å². The first-order valence-electron chi connectivity index (χ1n) is 12.2. The Balaban J connectivity index is -0.000000154. The van der Waals surface area contributed by atoms with Crippen LogP contribution in [0.15, 0.2) is 30.3 Å². The number of carbonyl (C=O) groups excluding carboxylic acids is 3. The molecule has 0 fully saturated rings. The molecule has 1 unspecified atom stereocenters. The molecule has 0 radical (unpaired) electrons. The third kappa shape index (κ3) is 27.6. The molecule has 0 aliphatic heterocycles. The molecule has 1 aromatic carbocycles. The molecule has 216 valence electrons. The first-order chi connectivity index (χ1) is 17.3. The zero-order chi connectivity index (χ0) is 28.8. The summed E-state index contributed by atoms with van der Waals surface area (Å²) in [6, 6.07) is 8.70. The third-order valence-electron chi connectivity index (χ3n) is 3.77. The van der Waals surface area contributed by atoms with Crippen LogP contribution < -0.4 is 10.6 Å². The molecule has 9 nitrogen and oxygen atoms in total. The van der Waals surface area contributed by atoms with Gasteiger partial charge in [0, 0.05) is 32.9 Å². The predicted octanol–water partition coefficient (Wildman–Crippen LogP) is 4.06. The van der Waals surface area contributed by atoms with Crippen LogP contribution in [0.1, 0.15) is 72.8 Å². The number of rotatable bonds is 10. The van der Waals surface area contributed by atoms with Crippen molar-refractivity contribution in [3.05, 3.63) is 35.9 Å². The molecular formula is C27H46FmN4O5. The van der Waals surface area contributed by atoms with E-state index in [1.54, 1.807) is 14.0 Å². The molecule has 0 aliphatic rings. The minimum Gasteiger partial charge on any atom is -0.464 e. The molecule has 0 heterocycles. The van der Waals surface area contributed by atoms with Gasteiger partial charge in [-0.1, -0.05) is 71.4 Å². The molecule has 0 aromatic heterocycles. The molecule has 0 saturated carbocycles. The van der Waals surface area contributed by atoms with Crippen LogP contribution in [0, 0.1) is 24.3 Å². The molecule has 10 heteroatoms. The Kier molecular flexibility index (Phi) is 38.7. The van der Waals surface area contributed by atoms with E-state index in [1.807, 2.05) is 51.1 Å². The van der Waals surface area contributed by atoms with Crippen LogP contribution in [0.3, 0.4) is 0 Å². The van der Waals surface area contributed by atoms with Crippen LogP contribution in [-0.2, 0) is 25.5 Å². The molecular weight excluding hydrogens is 717 g/mol. The van der Waals surface area contributed by atoms with Gasteiger partial charge < -0.3 is 15.4 Å². The van der Waals surface area contributed by atoms with Crippen molar-refractivity contribution < 1.29 is 24.3 Å². The second-order valence-corrected chi connectivity index (χ2v) is 6.61. The fourth-order valence-corrected chi connectivity index (χ4v) is 2.16. The normalized spacial score (nSPS) is 8.89. The Morgan fingerprint density at radius 2 is 1.54 bits per heavy atom. The van der Waals surface area contributed by atoms with Gasteiger partial charge in [-0.3, -0.25) is 14.8 Å². The van der Waals surface area contributed by atoms with Crippen LogP contribution in [0.5, 0.6) is 0 Å². The smallest absolute Gasteiger partial charge is 0.332 e. The van der Waals surface area contributed by atoms with Crippen LogP contribution >= 0.6 is 0 Å². The summed E-state index contributed by atoms with van der Waals surface area (Å²) >= 11 is 0. The maximum Gasteiger partial charge on any atom is 0.332 e. The summed E-state index contributed by atoms with van der Waals surface area (Å²) in [4.78, 5) is 33.0. The zero-order valence-corrected chi connectivity index (χ0v) is 25.7. The Morgan fingerprint density at radius 3 is 1.95 bits per heavy atom. The van der Waals surface area contributed by atoms with Crippen molar-refractivity contribution in [2.24, 2.45) is 0 Å². The van der Waals surface area contributed by atoms with Crippen molar-refractivity contribution in [2.45, 2.75) is 79.7 Å². The van der Waals surface area contributed by atoms with Crippen molar-refractivity contribution in [1.29, 1.82) is 5.26 Å². The van der Waals surface area contributed by atoms with Gasteiger partial charge in [-0.2, -0.15) is 10.3 Å². The molecule has 2 amide bonds. The average molecular weight is 764 g/mol. The van der Waals surface area contributed by atoms with E-state index in [0.717, 1.165) is 5.56 Å². The number of hydrogen-bond acceptors (Lipinski definition) is 7. The van der Waals surface area contributed by atoms with Gasteiger partial charge in [0.2, 0.25) is 18.0 Å². The predicted molar refractivity (Wildman–Crippen MR) is 144 cm³/mol. The van der Waals surface area contributed by atoms with E-state index < -0.39 is 12.0 Å². The molecule has 1 atom stereocenters. The van der Waals surface area contributed by atoms with Crippen molar-refractivity contribution in [3.8, 4) is 19.0 Å². The molecule has 1 aromatic rings. The second kappa shape index (κ2) is 33.6. The topological polar surface area (TPSA) is 132 Å². The van der Waals surface area contributed by atoms with E-state index in [9.17, 15) is 19.6 Å². The molecule has 3 N–H and O–H groups in total. The molecule has 1 rings (SSSR count). The number of nitrogens with one attached hydrogen (secondary N) is 2. The van der Waals surface area contributed by atoms with E-state index in [0.29, 0.717) is 24.4 Å². The maximum atomic E-state index is 11.6. The number of nitrogens with zero attached hydrogens (tertiary/aromatic N) is 2. The zero-order valence-electron chi connectivity index (χ0n) is 23.3. The fraction of sp³-hybridized carbons (Fsp3) is 0.556. The molecule has 0 saturated heterocycles. The summed E-state index contributed by atoms with van der Waals surface area (Å²) in [5, 5.41) is 23.1. The minimum absolute atomic E-state index is 0. The number of esters is 1. The summed E-state index contributed by atoms with van der Waals surface area (Å²) in [5.74, 6) is -0.759. The Labute approximate surface area is 218 Å². The fourth-order valence-electron chi connectivity index (χ4n) is 2.16. The summed E-state index contributed by atoms with van der Waals surface area (Å²) in [6.45, 7) is 12.6. The number of terminal acetylenes is 1. The van der Waals surface area contributed by atoms with Crippen molar-refractivity contribution >= 4 is 17.8 Å². The van der Waals surface area contributed by atoms with Crippen molar-refractivity contribution in [1.82, 2.24) is 15.7 Å². The number of benzene rings is 1. The average Bonchev–Trinajstić information content (AvgIpc) is 2.91. The minimum atomic E-state index is -0.925. The SMILES string of the molecule is C#C.CC.CCC.CCC(C(=O)OCCc1ccccc1)N(O)C#N.CCNC(=O)CCC(=O)NC.[Fm]. The van der Waals surface area contributed by atoms with Gasteiger partial charge in [-0.05, 0) is 18.9 Å². The van der Waals surface area contributed by atoms with Gasteiger partial charge in [-0.25, -0.2) is 4.79 Å². The standard InChI is InChI=1S/C13H16N2O3.C7H14N2O2.C3H8.C2H6.C2H2.Fm/c1-2-12(15(17)10-14)13(16)18-9-8-11-6-4-3-5-7-11;1-3-9-7(11)5-4-6(10)8-2;1-3-2;2*1-2;/h3-7,12,17H,2,8-9H2,1H3;3-5H2,1-2H3,(H,8,10)(H,9,11);3H2,1-2H3;1-2H3;1-2H;. The summed E-state index contributed by atoms with van der Waals surface area (Å²) < 4.78 is 5.03. The van der Waals surface area contributed by atoms with Gasteiger partial charge in [-0.15, -0.1) is 12.8 Å². The van der Waals surface area contributed by atoms with E-state index in [2.05, 4.69) is 37.3 Å². The monoisotopic (exact) mass is 763 g/mol. The maximum absolute atomic E-state index is 11.6. The van der Waals surface area contributed by atoms with Gasteiger partial charge >= 0.3 is 5.97 Å². The van der Waals surface area contributed by atoms with Gasteiger partial charge in [0.25, 0.3) is 0 Å². The van der Waals surface area contributed by atoms with Crippen LogP contribution in [0.4, 0.5) is 0 Å². The number of amides is 2. The first-order valence-corrected chi connectivity index (χ1v) is 12.2. The number of carbonyl (C=O) groups is 3. The van der Waals surface area contributed by atoms with Crippen molar-refractivity contribution in [3.63, 3.8) is 0 Å². The van der Waals surface area contributed by atoms with Crippen LogP contribution in [0.25, 0.3) is 0 Å². The summed E-state index contributed by atoms with van der Waals surface area (Å²) in [7, 11) is 1.56. The largest absolute Gasteiger partial charge is 0.464 e. The molecule has 37 heavy (non-hydrogen) atoms. The van der Waals surface area contributed by atoms with E-state index in [1.165, 1.54) is 12.6 Å². The van der Waals surface area contributed by atoms with Crippen LogP contribution in [0.2, 0.25) is 0 Å². The molecule has 0 bridgehead atoms. The number of ether oxygens (including phenoxy) is 1. The van der Waals surface area contributed by atoms with Crippen molar-refractivity contribution in [2.75, 3.05) is 20.2 Å². The third-order valence-corrected chi connectivity index (χ3v) is 3.77. The second-order valence-electron chi connectivity index (χ2n) is 6.61. The van der Waals surface area contributed by atoms with Crippen LogP contribution in [-0.4, -0.2) is 54.3 Å². The first kappa shape index (κ1) is 42.6. The Hall–Kier alpha value is -4.56. The summed E-state index contributed by atoms with van der Waals surface area (Å²) in [5.41, 5.74) is 1.07. The quantitative estimate of drug-likeness (QED) is 0.108. The van der Waals surface area contributed by atoms with Gasteiger partial charge in [0.1, 0.15) is 0 Å². The molecule has 0 spiro atoms. The van der Waals surface area contributed by atoms with Gasteiger partial charge in [0.15, 0.2) is 6.04 Å². The summed E-state index contributed by atoms with van der Waals surface area (Å²) in [6.07, 6.45) is 12.2. The Morgan fingerprint density at radius 1 is 1.05 bits per heavy atom. The Bertz CT molecular complexity index is 725. The van der Waals surface area contributed by atoms with E-state index >= 15 is 0 Å². The number of hydrogen-bond donors (Lipinski definition) is 3. The van der Waals surface area contributed by atoms with Gasteiger partial charge in [0.05, 0.1) is 6.61 Å². The van der Waals surface area contributed by atoms with E-state index in [4.69, 9.17) is 10.00 Å². The molecule has 0 aliphatic carbocycles. The number of nitriles is 1.